The molecule has 1 N–H and O–H groups in total. The predicted octanol–water partition coefficient (Wildman–Crippen LogP) is 4.16. The van der Waals surface area contributed by atoms with E-state index in [0.29, 0.717) is 11.3 Å². The van der Waals surface area contributed by atoms with Gasteiger partial charge in [0.25, 0.3) is 0 Å². The standard InChI is InChI=1S/C16H12ClFO3/c17-14-3-1-2-12(16(14)18)10-21-13-7-4-11(5-8-13)6-9-15(19)20/h1-9H,10H2,(H,19,20)/b9-6+. The van der Waals surface area contributed by atoms with Crippen LogP contribution in [0.25, 0.3) is 6.08 Å². The zero-order chi connectivity index (χ0) is 15.2. The van der Waals surface area contributed by atoms with Gasteiger partial charge in [-0.15, -0.1) is 0 Å². The second kappa shape index (κ2) is 6.90. The summed E-state index contributed by atoms with van der Waals surface area (Å²) in [6, 6.07) is 11.5. The normalized spacial score (nSPS) is 10.8. The average Bonchev–Trinajstić information content (AvgIpc) is 2.48. The highest BCUT2D eigenvalue weighted by atomic mass is 35.5. The van der Waals surface area contributed by atoms with Crippen molar-refractivity contribution in [2.45, 2.75) is 6.61 Å². The van der Waals surface area contributed by atoms with Crippen LogP contribution in [-0.4, -0.2) is 11.1 Å². The van der Waals surface area contributed by atoms with Crippen LogP contribution in [0, 0.1) is 5.82 Å². The number of carbonyl (C=O) groups is 1. The SMILES string of the molecule is O=C(O)/C=C/c1ccc(OCc2cccc(Cl)c2F)cc1. The maximum Gasteiger partial charge on any atom is 0.328 e. The predicted molar refractivity (Wildman–Crippen MR) is 78.9 cm³/mol. The van der Waals surface area contributed by atoms with Gasteiger partial charge in [-0.1, -0.05) is 35.9 Å². The molecule has 5 heteroatoms. The zero-order valence-electron chi connectivity index (χ0n) is 10.9. The molecule has 0 saturated heterocycles. The van der Waals surface area contributed by atoms with Gasteiger partial charge in [0.15, 0.2) is 0 Å². The largest absolute Gasteiger partial charge is 0.489 e. The molecule has 0 bridgehead atoms. The minimum atomic E-state index is -1.01. The summed E-state index contributed by atoms with van der Waals surface area (Å²) >= 11 is 5.69. The number of hydrogen-bond donors (Lipinski definition) is 1. The zero-order valence-corrected chi connectivity index (χ0v) is 11.7. The minimum absolute atomic E-state index is 0.0604. The van der Waals surface area contributed by atoms with Gasteiger partial charge in [-0.25, -0.2) is 9.18 Å². The van der Waals surface area contributed by atoms with Crippen molar-refractivity contribution in [3.63, 3.8) is 0 Å². The lowest BCUT2D eigenvalue weighted by Gasteiger charge is -2.08. The molecular formula is C16H12ClFO3. The first-order chi connectivity index (χ1) is 10.1. The fraction of sp³-hybridized carbons (Fsp3) is 0.0625. The fourth-order valence-corrected chi connectivity index (χ4v) is 1.86. The van der Waals surface area contributed by atoms with Crippen molar-refractivity contribution in [2.75, 3.05) is 0 Å². The molecule has 0 atom stereocenters. The van der Waals surface area contributed by atoms with E-state index in [1.54, 1.807) is 36.4 Å². The van der Waals surface area contributed by atoms with Crippen LogP contribution in [0.1, 0.15) is 11.1 Å². The Kier molecular flexibility index (Phi) is 4.95. The Morgan fingerprint density at radius 1 is 1.24 bits per heavy atom. The van der Waals surface area contributed by atoms with Crippen LogP contribution in [0.5, 0.6) is 5.75 Å². The third kappa shape index (κ3) is 4.33. The van der Waals surface area contributed by atoms with Gasteiger partial charge < -0.3 is 9.84 Å². The van der Waals surface area contributed by atoms with Crippen LogP contribution in [0.15, 0.2) is 48.5 Å². The van der Waals surface area contributed by atoms with Crippen LogP contribution < -0.4 is 4.74 Å². The fourth-order valence-electron chi connectivity index (χ4n) is 1.66. The number of hydrogen-bond acceptors (Lipinski definition) is 2. The third-order valence-electron chi connectivity index (χ3n) is 2.72. The molecule has 0 radical (unpaired) electrons. The van der Waals surface area contributed by atoms with E-state index in [0.717, 1.165) is 11.6 Å². The number of carboxylic acid groups (broad SMARTS) is 1. The molecule has 0 saturated carbocycles. The maximum atomic E-state index is 13.7. The first-order valence-electron chi connectivity index (χ1n) is 6.13. The molecule has 0 aliphatic heterocycles. The Labute approximate surface area is 126 Å². The molecule has 108 valence electrons. The van der Waals surface area contributed by atoms with Gasteiger partial charge in [-0.05, 0) is 29.8 Å². The Balaban J connectivity index is 2.01. The highest BCUT2D eigenvalue weighted by Gasteiger charge is 2.06. The lowest BCUT2D eigenvalue weighted by molar-refractivity contribution is -0.131. The summed E-state index contributed by atoms with van der Waals surface area (Å²) in [5.41, 5.74) is 1.11. The van der Waals surface area contributed by atoms with Crippen molar-refractivity contribution in [3.05, 3.63) is 70.5 Å². The minimum Gasteiger partial charge on any atom is -0.489 e. The van der Waals surface area contributed by atoms with E-state index in [9.17, 15) is 9.18 Å². The Bertz CT molecular complexity index is 666. The topological polar surface area (TPSA) is 46.5 Å². The van der Waals surface area contributed by atoms with Gasteiger partial charge in [-0.2, -0.15) is 0 Å². The Hall–Kier alpha value is -2.33. The summed E-state index contributed by atoms with van der Waals surface area (Å²) < 4.78 is 19.1. The molecule has 0 aliphatic rings. The van der Waals surface area contributed by atoms with E-state index in [1.807, 2.05) is 0 Å². The Morgan fingerprint density at radius 3 is 2.62 bits per heavy atom. The lowest BCUT2D eigenvalue weighted by Crippen LogP contribution is -1.98. The Morgan fingerprint density at radius 2 is 1.95 bits per heavy atom. The average molecular weight is 307 g/mol. The van der Waals surface area contributed by atoms with Crippen LogP contribution in [0.3, 0.4) is 0 Å². The van der Waals surface area contributed by atoms with Crippen LogP contribution in [-0.2, 0) is 11.4 Å². The molecule has 2 rings (SSSR count). The van der Waals surface area contributed by atoms with Crippen LogP contribution in [0.2, 0.25) is 5.02 Å². The van der Waals surface area contributed by atoms with E-state index < -0.39 is 11.8 Å². The van der Waals surface area contributed by atoms with Crippen molar-refractivity contribution in [2.24, 2.45) is 0 Å². The van der Waals surface area contributed by atoms with Gasteiger partial charge >= 0.3 is 5.97 Å². The first-order valence-corrected chi connectivity index (χ1v) is 6.51. The van der Waals surface area contributed by atoms with Crippen LogP contribution >= 0.6 is 11.6 Å². The maximum absolute atomic E-state index is 13.7. The van der Waals surface area contributed by atoms with Crippen molar-refractivity contribution in [1.82, 2.24) is 0 Å². The molecule has 21 heavy (non-hydrogen) atoms. The number of benzene rings is 2. The van der Waals surface area contributed by atoms with E-state index in [2.05, 4.69) is 0 Å². The van der Waals surface area contributed by atoms with Crippen molar-refractivity contribution in [1.29, 1.82) is 0 Å². The number of rotatable bonds is 5. The summed E-state index contributed by atoms with van der Waals surface area (Å²) in [5, 5.41) is 8.59. The van der Waals surface area contributed by atoms with Crippen molar-refractivity contribution in [3.8, 4) is 5.75 Å². The van der Waals surface area contributed by atoms with Crippen molar-refractivity contribution < 1.29 is 19.0 Å². The summed E-state index contributed by atoms with van der Waals surface area (Å²) in [6.45, 7) is 0.0662. The molecule has 0 aliphatic carbocycles. The molecule has 0 spiro atoms. The molecule has 0 unspecified atom stereocenters. The molecule has 2 aromatic carbocycles. The molecule has 0 fully saturated rings. The van der Waals surface area contributed by atoms with Gasteiger partial charge in [0, 0.05) is 11.6 Å². The van der Waals surface area contributed by atoms with E-state index in [-0.39, 0.29) is 11.6 Å². The summed E-state index contributed by atoms with van der Waals surface area (Å²) in [6.07, 6.45) is 2.53. The second-order valence-electron chi connectivity index (χ2n) is 4.24. The number of aliphatic carboxylic acids is 1. The molecule has 3 nitrogen and oxygen atoms in total. The first kappa shape index (κ1) is 15.1. The highest BCUT2D eigenvalue weighted by Crippen LogP contribution is 2.20. The monoisotopic (exact) mass is 306 g/mol. The van der Waals surface area contributed by atoms with E-state index in [4.69, 9.17) is 21.4 Å². The molecule has 2 aromatic rings. The van der Waals surface area contributed by atoms with Crippen molar-refractivity contribution >= 4 is 23.6 Å². The number of ether oxygens (including phenoxy) is 1. The van der Waals surface area contributed by atoms with Gasteiger partial charge in [-0.3, -0.25) is 0 Å². The van der Waals surface area contributed by atoms with Gasteiger partial charge in [0.2, 0.25) is 0 Å². The summed E-state index contributed by atoms with van der Waals surface area (Å²) in [5.74, 6) is -0.936. The molecule has 0 aromatic heterocycles. The quantitative estimate of drug-likeness (QED) is 0.844. The number of halogens is 2. The van der Waals surface area contributed by atoms with Crippen LogP contribution in [0.4, 0.5) is 4.39 Å². The highest BCUT2D eigenvalue weighted by molar-refractivity contribution is 6.30. The lowest BCUT2D eigenvalue weighted by atomic mass is 10.2. The van der Waals surface area contributed by atoms with E-state index >= 15 is 0 Å². The number of carboxylic acids is 1. The molecule has 0 amide bonds. The second-order valence-corrected chi connectivity index (χ2v) is 4.65. The van der Waals surface area contributed by atoms with Gasteiger partial charge in [0.1, 0.15) is 18.2 Å². The molecular weight excluding hydrogens is 295 g/mol. The van der Waals surface area contributed by atoms with Gasteiger partial charge in [0.05, 0.1) is 5.02 Å². The third-order valence-corrected chi connectivity index (χ3v) is 3.02. The smallest absolute Gasteiger partial charge is 0.328 e. The summed E-state index contributed by atoms with van der Waals surface area (Å²) in [7, 11) is 0. The summed E-state index contributed by atoms with van der Waals surface area (Å²) in [4.78, 5) is 10.4. The molecule has 0 heterocycles. The van der Waals surface area contributed by atoms with E-state index in [1.165, 1.54) is 12.1 Å².